The van der Waals surface area contributed by atoms with Gasteiger partial charge in [0.2, 0.25) is 0 Å². The number of hydrogen-bond donors (Lipinski definition) is 1. The molecule has 0 aromatic heterocycles. The molecule has 1 aromatic rings. The van der Waals surface area contributed by atoms with Gasteiger partial charge in [-0.05, 0) is 82.8 Å². The summed E-state index contributed by atoms with van der Waals surface area (Å²) in [7, 11) is 2.00. The molecular weight excluding hydrogens is 328 g/mol. The van der Waals surface area contributed by atoms with Crippen LogP contribution in [0, 0.1) is 0 Å². The largest absolute Gasteiger partial charge is 0.313 e. The summed E-state index contributed by atoms with van der Waals surface area (Å²) in [6.45, 7) is 18.8. The summed E-state index contributed by atoms with van der Waals surface area (Å²) in [6, 6.07) is 7.14. The predicted molar refractivity (Wildman–Crippen MR) is 122 cm³/mol. The molecule has 2 heteroatoms. The average molecular weight is 365 g/mol. The fraction of sp³-hybridized carbons (Fsp3) is 0.400. The van der Waals surface area contributed by atoms with Crippen molar-refractivity contribution in [3.05, 3.63) is 76.0 Å². The summed E-state index contributed by atoms with van der Waals surface area (Å²) in [5.41, 5.74) is 9.92. The summed E-state index contributed by atoms with van der Waals surface area (Å²) in [4.78, 5) is 4.43. The van der Waals surface area contributed by atoms with Crippen molar-refractivity contribution in [1.29, 1.82) is 0 Å². The molecule has 0 aliphatic heterocycles. The molecule has 0 amide bonds. The van der Waals surface area contributed by atoms with E-state index in [1.54, 1.807) is 6.20 Å². The molecule has 0 saturated heterocycles. The second-order valence-corrected chi connectivity index (χ2v) is 7.12. The van der Waals surface area contributed by atoms with E-state index in [9.17, 15) is 0 Å². The van der Waals surface area contributed by atoms with Gasteiger partial charge in [-0.1, -0.05) is 49.4 Å². The van der Waals surface area contributed by atoms with Gasteiger partial charge in [0.05, 0.1) is 0 Å². The van der Waals surface area contributed by atoms with E-state index in [0.29, 0.717) is 6.04 Å². The number of rotatable bonds is 8. The third-order valence-electron chi connectivity index (χ3n) is 4.98. The summed E-state index contributed by atoms with van der Waals surface area (Å²) >= 11 is 0. The zero-order valence-corrected chi connectivity index (χ0v) is 18.4. The van der Waals surface area contributed by atoms with Crippen LogP contribution in [0.4, 0.5) is 0 Å². The third-order valence-corrected chi connectivity index (χ3v) is 4.98. The summed E-state index contributed by atoms with van der Waals surface area (Å²) in [5.74, 6) is 0. The third kappa shape index (κ3) is 5.90. The second-order valence-electron chi connectivity index (χ2n) is 7.12. The van der Waals surface area contributed by atoms with Gasteiger partial charge in [-0.25, -0.2) is 0 Å². The molecule has 1 aromatic carbocycles. The lowest BCUT2D eigenvalue weighted by molar-refractivity contribution is 0.651. The fourth-order valence-corrected chi connectivity index (χ4v) is 3.42. The Labute approximate surface area is 166 Å². The van der Waals surface area contributed by atoms with Gasteiger partial charge in [0, 0.05) is 23.5 Å². The van der Waals surface area contributed by atoms with Gasteiger partial charge in [0.25, 0.3) is 0 Å². The molecule has 0 bridgehead atoms. The summed E-state index contributed by atoms with van der Waals surface area (Å²) < 4.78 is 0. The van der Waals surface area contributed by atoms with Gasteiger partial charge >= 0.3 is 0 Å². The minimum atomic E-state index is 0.357. The fourth-order valence-electron chi connectivity index (χ4n) is 3.42. The van der Waals surface area contributed by atoms with Crippen LogP contribution in [-0.2, 0) is 6.42 Å². The number of nitrogens with one attached hydrogen (secondary N) is 1. The summed E-state index contributed by atoms with van der Waals surface area (Å²) in [5, 5.41) is 3.32. The number of benzene rings is 1. The summed E-state index contributed by atoms with van der Waals surface area (Å²) in [6.07, 6.45) is 7.11. The first kappa shape index (κ1) is 22.9. The smallest absolute Gasteiger partial charge is 0.0449 e. The van der Waals surface area contributed by atoms with Crippen molar-refractivity contribution >= 4 is 11.8 Å². The predicted octanol–water partition coefficient (Wildman–Crippen LogP) is 6.82. The number of hydrogen-bond acceptors (Lipinski definition) is 2. The molecule has 0 fully saturated rings. The highest BCUT2D eigenvalue weighted by atomic mass is 14.8. The van der Waals surface area contributed by atoms with E-state index >= 15 is 0 Å². The monoisotopic (exact) mass is 364 g/mol. The topological polar surface area (TPSA) is 24.4 Å². The van der Waals surface area contributed by atoms with E-state index in [2.05, 4.69) is 88.8 Å². The number of allylic oxidation sites excluding steroid dienone is 5. The van der Waals surface area contributed by atoms with Crippen molar-refractivity contribution in [1.82, 2.24) is 5.32 Å². The molecule has 146 valence electrons. The van der Waals surface area contributed by atoms with Gasteiger partial charge < -0.3 is 5.32 Å². The van der Waals surface area contributed by atoms with Crippen molar-refractivity contribution in [2.45, 2.75) is 60.9 Å². The average Bonchev–Trinajstić information content (AvgIpc) is 2.65. The van der Waals surface area contributed by atoms with Crippen LogP contribution in [0.5, 0.6) is 0 Å². The van der Waals surface area contributed by atoms with Crippen LogP contribution in [0.25, 0.3) is 6.08 Å². The minimum absolute atomic E-state index is 0.357. The Bertz CT molecular complexity index is 785. The molecule has 1 N–H and O–H groups in total. The maximum Gasteiger partial charge on any atom is 0.0449 e. The van der Waals surface area contributed by atoms with Crippen LogP contribution in [0.15, 0.2) is 64.3 Å². The van der Waals surface area contributed by atoms with Gasteiger partial charge in [0.1, 0.15) is 0 Å². The maximum absolute atomic E-state index is 4.43. The number of aliphatic imine (C=N–C) groups is 1. The van der Waals surface area contributed by atoms with E-state index in [4.69, 9.17) is 0 Å². The van der Waals surface area contributed by atoms with Crippen LogP contribution in [-0.4, -0.2) is 12.8 Å². The van der Waals surface area contributed by atoms with Crippen molar-refractivity contribution < 1.29 is 0 Å². The zero-order valence-electron chi connectivity index (χ0n) is 18.4. The highest BCUT2D eigenvalue weighted by Gasteiger charge is 2.13. The van der Waals surface area contributed by atoms with Gasteiger partial charge in [-0.15, -0.1) is 0 Å². The molecular formula is C25H36N2. The van der Waals surface area contributed by atoms with E-state index in [1.807, 2.05) is 14.0 Å². The minimum Gasteiger partial charge on any atom is -0.313 e. The van der Waals surface area contributed by atoms with Crippen LogP contribution >= 0.6 is 0 Å². The highest BCUT2D eigenvalue weighted by molar-refractivity contribution is 6.04. The molecule has 2 nitrogen and oxygen atoms in total. The Morgan fingerprint density at radius 2 is 1.89 bits per heavy atom. The van der Waals surface area contributed by atoms with Crippen LogP contribution in [0.3, 0.4) is 0 Å². The van der Waals surface area contributed by atoms with Crippen molar-refractivity contribution in [3.63, 3.8) is 0 Å². The second kappa shape index (κ2) is 10.8. The van der Waals surface area contributed by atoms with Crippen LogP contribution in [0.1, 0.15) is 71.2 Å². The number of nitrogens with zero attached hydrogens (tertiary/aromatic N) is 1. The lowest BCUT2D eigenvalue weighted by Gasteiger charge is -2.17. The molecule has 0 spiro atoms. The maximum atomic E-state index is 4.43. The van der Waals surface area contributed by atoms with Crippen LogP contribution < -0.4 is 5.32 Å². The Kier molecular flexibility index (Phi) is 9.17. The first-order valence-electron chi connectivity index (χ1n) is 9.79. The molecule has 1 rings (SSSR count). The first-order valence-corrected chi connectivity index (χ1v) is 9.79. The Balaban J connectivity index is 3.43. The van der Waals surface area contributed by atoms with E-state index in [1.165, 1.54) is 39.0 Å². The van der Waals surface area contributed by atoms with E-state index < -0.39 is 0 Å². The zero-order chi connectivity index (χ0) is 20.6. The SMILES string of the molecule is C=C/N=C(/C)C(=C(C)C)C(=C\C)/C(C)=C/c1ccc(C(C)NC)cc1CC. The van der Waals surface area contributed by atoms with Gasteiger partial charge in [-0.3, -0.25) is 4.99 Å². The van der Waals surface area contributed by atoms with Gasteiger partial charge in [-0.2, -0.15) is 0 Å². The molecule has 0 saturated carbocycles. The Hall–Kier alpha value is -2.19. The van der Waals surface area contributed by atoms with Crippen molar-refractivity contribution in [2.75, 3.05) is 7.05 Å². The first-order chi connectivity index (χ1) is 12.8. The lowest BCUT2D eigenvalue weighted by Crippen LogP contribution is -2.12. The van der Waals surface area contributed by atoms with Gasteiger partial charge in [0.15, 0.2) is 0 Å². The highest BCUT2D eigenvalue weighted by Crippen LogP contribution is 2.27. The molecule has 1 atom stereocenters. The van der Waals surface area contributed by atoms with E-state index in [-0.39, 0.29) is 0 Å². The molecule has 0 aliphatic rings. The van der Waals surface area contributed by atoms with Crippen molar-refractivity contribution in [3.8, 4) is 0 Å². The number of aryl methyl sites for hydroxylation is 1. The molecule has 0 aliphatic carbocycles. The standard InChI is InChI=1S/C25H36N2/c1-10-21-16-22(19(7)26-9)13-14-23(21)15-18(6)24(11-2)25(17(4)5)20(8)27-12-3/h11-16,19,26H,3,10H2,1-2,4-9H3/b18-15+,24-11-,27-20-. The normalized spacial score (nSPS) is 14.1. The molecule has 0 radical (unpaired) electrons. The Morgan fingerprint density at radius 3 is 2.37 bits per heavy atom. The lowest BCUT2D eigenvalue weighted by atomic mass is 9.89. The van der Waals surface area contributed by atoms with Crippen molar-refractivity contribution in [2.24, 2.45) is 4.99 Å². The molecule has 0 heterocycles. The van der Waals surface area contributed by atoms with Crippen LogP contribution in [0.2, 0.25) is 0 Å². The quantitative estimate of drug-likeness (QED) is 0.397. The Morgan fingerprint density at radius 1 is 1.22 bits per heavy atom. The molecule has 1 unspecified atom stereocenters. The van der Waals surface area contributed by atoms with E-state index in [0.717, 1.165) is 12.1 Å². The molecule has 27 heavy (non-hydrogen) atoms.